The van der Waals surface area contributed by atoms with Crippen LogP contribution in [0.15, 0.2) is 11.8 Å². The Morgan fingerprint density at radius 1 is 1.64 bits per heavy atom. The Bertz CT molecular complexity index is 167. The fourth-order valence-electron chi connectivity index (χ4n) is 1.10. The molecule has 0 aromatic heterocycles. The van der Waals surface area contributed by atoms with Crippen LogP contribution < -0.4 is 5.32 Å². The molecule has 0 aliphatic carbocycles. The fourth-order valence-corrected chi connectivity index (χ4v) is 1.10. The molecule has 3 nitrogen and oxygen atoms in total. The minimum atomic E-state index is -0.269. The minimum absolute atomic E-state index is 0.269. The van der Waals surface area contributed by atoms with Crippen LogP contribution in [0.4, 0.5) is 0 Å². The average molecular weight is 155 g/mol. The Morgan fingerprint density at radius 3 is 3.00 bits per heavy atom. The predicted molar refractivity (Wildman–Crippen MR) is 42.0 cm³/mol. The molecule has 0 atom stereocenters. The smallest absolute Gasteiger partial charge is 0.332 e. The largest absolute Gasteiger partial charge is 0.466 e. The summed E-state index contributed by atoms with van der Waals surface area (Å²) in [7, 11) is 1.39. The van der Waals surface area contributed by atoms with Crippen molar-refractivity contribution in [3.63, 3.8) is 0 Å². The highest BCUT2D eigenvalue weighted by Gasteiger charge is 2.05. The van der Waals surface area contributed by atoms with Gasteiger partial charge in [0.25, 0.3) is 0 Å². The van der Waals surface area contributed by atoms with E-state index < -0.39 is 0 Å². The van der Waals surface area contributed by atoms with Gasteiger partial charge in [-0.3, -0.25) is 0 Å². The van der Waals surface area contributed by atoms with Crippen LogP contribution in [0.2, 0.25) is 0 Å². The standard InChI is InChI=1S/C8H13NO2/c1-11-8(10)6-7-4-2-3-5-9-7/h6,9H,2-5H2,1H3. The number of rotatable bonds is 1. The van der Waals surface area contributed by atoms with E-state index in [1.807, 2.05) is 0 Å². The zero-order valence-electron chi connectivity index (χ0n) is 6.72. The SMILES string of the molecule is COC(=O)C=C1CCCCN1. The first-order valence-corrected chi connectivity index (χ1v) is 3.85. The second-order valence-electron chi connectivity index (χ2n) is 2.58. The summed E-state index contributed by atoms with van der Waals surface area (Å²) in [6.45, 7) is 0.975. The number of methoxy groups -OCH3 is 1. The molecular formula is C8H13NO2. The molecule has 62 valence electrons. The van der Waals surface area contributed by atoms with Crippen molar-refractivity contribution in [3.8, 4) is 0 Å². The summed E-state index contributed by atoms with van der Waals surface area (Å²) >= 11 is 0. The predicted octanol–water partition coefficient (Wildman–Crippen LogP) is 0.817. The topological polar surface area (TPSA) is 38.3 Å². The van der Waals surface area contributed by atoms with Crippen molar-refractivity contribution >= 4 is 5.97 Å². The third-order valence-electron chi connectivity index (χ3n) is 1.72. The van der Waals surface area contributed by atoms with Crippen molar-refractivity contribution in [2.24, 2.45) is 0 Å². The van der Waals surface area contributed by atoms with Gasteiger partial charge in [0.1, 0.15) is 0 Å². The quantitative estimate of drug-likeness (QED) is 0.450. The van der Waals surface area contributed by atoms with Gasteiger partial charge in [-0.05, 0) is 19.3 Å². The maximum absolute atomic E-state index is 10.7. The van der Waals surface area contributed by atoms with Gasteiger partial charge in [0.2, 0.25) is 0 Å². The second kappa shape index (κ2) is 4.01. The summed E-state index contributed by atoms with van der Waals surface area (Å²) in [4.78, 5) is 10.7. The third kappa shape index (κ3) is 2.62. The van der Waals surface area contributed by atoms with Gasteiger partial charge < -0.3 is 10.1 Å². The van der Waals surface area contributed by atoms with Crippen molar-refractivity contribution in [3.05, 3.63) is 11.8 Å². The van der Waals surface area contributed by atoms with Crippen LogP contribution in [0.1, 0.15) is 19.3 Å². The van der Waals surface area contributed by atoms with E-state index in [1.54, 1.807) is 0 Å². The molecule has 0 aromatic rings. The van der Waals surface area contributed by atoms with E-state index in [4.69, 9.17) is 0 Å². The highest BCUT2D eigenvalue weighted by Crippen LogP contribution is 2.09. The van der Waals surface area contributed by atoms with Gasteiger partial charge in [0.15, 0.2) is 0 Å². The van der Waals surface area contributed by atoms with Crippen LogP contribution in [-0.4, -0.2) is 19.6 Å². The molecule has 1 heterocycles. The van der Waals surface area contributed by atoms with Crippen molar-refractivity contribution in [1.82, 2.24) is 5.32 Å². The number of ether oxygens (including phenoxy) is 1. The number of carbonyl (C=O) groups is 1. The van der Waals surface area contributed by atoms with E-state index in [0.29, 0.717) is 0 Å². The summed E-state index contributed by atoms with van der Waals surface area (Å²) in [6.07, 6.45) is 4.85. The molecule has 1 saturated heterocycles. The number of piperidine rings is 1. The molecule has 0 spiro atoms. The van der Waals surface area contributed by atoms with Crippen molar-refractivity contribution in [1.29, 1.82) is 0 Å². The molecule has 1 rings (SSSR count). The zero-order valence-corrected chi connectivity index (χ0v) is 6.72. The van der Waals surface area contributed by atoms with Crippen molar-refractivity contribution in [2.75, 3.05) is 13.7 Å². The van der Waals surface area contributed by atoms with Gasteiger partial charge in [0, 0.05) is 18.3 Å². The number of allylic oxidation sites excluding steroid dienone is 1. The maximum Gasteiger partial charge on any atom is 0.332 e. The van der Waals surface area contributed by atoms with Gasteiger partial charge in [-0.1, -0.05) is 0 Å². The van der Waals surface area contributed by atoms with E-state index in [-0.39, 0.29) is 5.97 Å². The summed E-state index contributed by atoms with van der Waals surface area (Å²) in [6, 6.07) is 0. The van der Waals surface area contributed by atoms with Crippen LogP contribution in [-0.2, 0) is 9.53 Å². The molecular weight excluding hydrogens is 142 g/mol. The molecule has 1 aliphatic rings. The first-order chi connectivity index (χ1) is 5.33. The summed E-state index contributed by atoms with van der Waals surface area (Å²) in [5.74, 6) is -0.269. The zero-order chi connectivity index (χ0) is 8.10. The number of carbonyl (C=O) groups excluding carboxylic acids is 1. The lowest BCUT2D eigenvalue weighted by Crippen LogP contribution is -2.20. The van der Waals surface area contributed by atoms with Gasteiger partial charge >= 0.3 is 5.97 Å². The molecule has 0 aromatic carbocycles. The van der Waals surface area contributed by atoms with Crippen LogP contribution >= 0.6 is 0 Å². The maximum atomic E-state index is 10.7. The summed E-state index contributed by atoms with van der Waals surface area (Å²) < 4.78 is 4.50. The van der Waals surface area contributed by atoms with E-state index in [2.05, 4.69) is 10.1 Å². The minimum Gasteiger partial charge on any atom is -0.466 e. The van der Waals surface area contributed by atoms with Crippen molar-refractivity contribution in [2.45, 2.75) is 19.3 Å². The Labute approximate surface area is 66.4 Å². The molecule has 1 aliphatic heterocycles. The Kier molecular flexibility index (Phi) is 2.95. The molecule has 0 radical (unpaired) electrons. The van der Waals surface area contributed by atoms with E-state index in [0.717, 1.165) is 25.1 Å². The number of esters is 1. The number of hydrogen-bond donors (Lipinski definition) is 1. The molecule has 11 heavy (non-hydrogen) atoms. The van der Waals surface area contributed by atoms with Crippen LogP contribution in [0.25, 0.3) is 0 Å². The lowest BCUT2D eigenvalue weighted by Gasteiger charge is -2.15. The van der Waals surface area contributed by atoms with Crippen LogP contribution in [0.3, 0.4) is 0 Å². The summed E-state index contributed by atoms with van der Waals surface area (Å²) in [5, 5.41) is 3.14. The highest BCUT2D eigenvalue weighted by molar-refractivity contribution is 5.82. The molecule has 0 unspecified atom stereocenters. The Morgan fingerprint density at radius 2 is 2.45 bits per heavy atom. The normalized spacial score (nSPS) is 21.0. The first kappa shape index (κ1) is 8.11. The second-order valence-corrected chi connectivity index (χ2v) is 2.58. The van der Waals surface area contributed by atoms with E-state index in [9.17, 15) is 4.79 Å². The lowest BCUT2D eigenvalue weighted by molar-refractivity contribution is -0.134. The molecule has 0 amide bonds. The lowest BCUT2D eigenvalue weighted by atomic mass is 10.1. The molecule has 3 heteroatoms. The molecule has 1 fully saturated rings. The van der Waals surface area contributed by atoms with Crippen LogP contribution in [0.5, 0.6) is 0 Å². The van der Waals surface area contributed by atoms with Gasteiger partial charge in [-0.25, -0.2) is 4.79 Å². The molecule has 0 bridgehead atoms. The number of nitrogens with one attached hydrogen (secondary N) is 1. The van der Waals surface area contributed by atoms with Gasteiger partial charge in [0.05, 0.1) is 7.11 Å². The monoisotopic (exact) mass is 155 g/mol. The Balaban J connectivity index is 2.43. The van der Waals surface area contributed by atoms with Crippen LogP contribution in [0, 0.1) is 0 Å². The van der Waals surface area contributed by atoms with Gasteiger partial charge in [-0.15, -0.1) is 0 Å². The summed E-state index contributed by atoms with van der Waals surface area (Å²) in [5.41, 5.74) is 1.00. The van der Waals surface area contributed by atoms with Crippen molar-refractivity contribution < 1.29 is 9.53 Å². The average Bonchev–Trinajstić information content (AvgIpc) is 2.06. The Hall–Kier alpha value is -0.990. The van der Waals surface area contributed by atoms with E-state index >= 15 is 0 Å². The van der Waals surface area contributed by atoms with E-state index in [1.165, 1.54) is 19.6 Å². The third-order valence-corrected chi connectivity index (χ3v) is 1.72. The highest BCUT2D eigenvalue weighted by atomic mass is 16.5. The van der Waals surface area contributed by atoms with Gasteiger partial charge in [-0.2, -0.15) is 0 Å². The number of hydrogen-bond acceptors (Lipinski definition) is 3. The first-order valence-electron chi connectivity index (χ1n) is 3.85. The fraction of sp³-hybridized carbons (Fsp3) is 0.625. The molecule has 0 saturated carbocycles. The molecule has 1 N–H and O–H groups in total.